The fourth-order valence-electron chi connectivity index (χ4n) is 2.16. The Balaban J connectivity index is 0.00000288. The first-order chi connectivity index (χ1) is 10.9. The summed E-state index contributed by atoms with van der Waals surface area (Å²) < 4.78 is 12.6. The molecule has 0 saturated carbocycles. The summed E-state index contributed by atoms with van der Waals surface area (Å²) in [7, 11) is 1.66. The number of hydrogen-bond acceptors (Lipinski definition) is 3. The fourth-order valence-corrected chi connectivity index (χ4v) is 2.64. The minimum atomic E-state index is 0. The zero-order valence-corrected chi connectivity index (χ0v) is 17.0. The largest absolute Gasteiger partial charge is 0.493 e. The quantitative estimate of drug-likeness (QED) is 0.691. The molecule has 132 valence electrons. The molecule has 3 nitrogen and oxygen atoms in total. The van der Waals surface area contributed by atoms with Crippen molar-refractivity contribution in [3.63, 3.8) is 0 Å². The maximum Gasteiger partial charge on any atom is 0.166 e. The van der Waals surface area contributed by atoms with Crippen LogP contribution in [-0.2, 0) is 13.2 Å². The minimum absolute atomic E-state index is 0. The van der Waals surface area contributed by atoms with Crippen LogP contribution in [0.4, 0.5) is 0 Å². The highest BCUT2D eigenvalue weighted by atomic mass is 79.9. The van der Waals surface area contributed by atoms with E-state index in [1.165, 1.54) is 0 Å². The molecule has 0 aromatic heterocycles. The zero-order chi connectivity index (χ0) is 16.9. The summed E-state index contributed by atoms with van der Waals surface area (Å²) in [5.74, 6) is 1.53. The van der Waals surface area contributed by atoms with Crippen molar-refractivity contribution in [3.05, 3.63) is 58.1 Å². The van der Waals surface area contributed by atoms with E-state index < -0.39 is 0 Å². The molecule has 24 heavy (non-hydrogen) atoms. The Labute approximate surface area is 159 Å². The van der Waals surface area contributed by atoms with Crippen LogP contribution in [0.3, 0.4) is 0 Å². The van der Waals surface area contributed by atoms with Crippen molar-refractivity contribution in [1.29, 1.82) is 0 Å². The molecule has 0 saturated heterocycles. The molecule has 5 heteroatoms. The fraction of sp³-hybridized carbons (Fsp3) is 0.368. The van der Waals surface area contributed by atoms with Gasteiger partial charge in [-0.1, -0.05) is 46.3 Å². The standard InChI is InChI=1S/C19H24BrNO2.ClH/c1-19(2,3)21-12-15-10-16(20)11-17(22-4)18(15)23-13-14-8-6-5-7-9-14;/h5-11,21H,12-13H2,1-4H3;1H. The monoisotopic (exact) mass is 413 g/mol. The Morgan fingerprint density at radius 1 is 1.08 bits per heavy atom. The summed E-state index contributed by atoms with van der Waals surface area (Å²) in [6, 6.07) is 14.1. The van der Waals surface area contributed by atoms with E-state index in [2.05, 4.69) is 60.2 Å². The molecular weight excluding hydrogens is 390 g/mol. The van der Waals surface area contributed by atoms with Gasteiger partial charge in [0, 0.05) is 22.1 Å². The van der Waals surface area contributed by atoms with Gasteiger partial charge in [-0.05, 0) is 38.5 Å². The van der Waals surface area contributed by atoms with E-state index >= 15 is 0 Å². The van der Waals surface area contributed by atoms with Crippen LogP contribution in [-0.4, -0.2) is 12.6 Å². The lowest BCUT2D eigenvalue weighted by Gasteiger charge is -2.22. The molecule has 0 spiro atoms. The van der Waals surface area contributed by atoms with Gasteiger partial charge in [0.15, 0.2) is 11.5 Å². The normalized spacial score (nSPS) is 10.9. The Morgan fingerprint density at radius 3 is 2.33 bits per heavy atom. The molecule has 0 radical (unpaired) electrons. The first-order valence-electron chi connectivity index (χ1n) is 7.67. The predicted molar refractivity (Wildman–Crippen MR) is 105 cm³/mol. The van der Waals surface area contributed by atoms with Crippen LogP contribution in [0.5, 0.6) is 11.5 Å². The maximum absolute atomic E-state index is 6.08. The van der Waals surface area contributed by atoms with Crippen LogP contribution < -0.4 is 14.8 Å². The summed E-state index contributed by atoms with van der Waals surface area (Å²) in [4.78, 5) is 0. The number of nitrogens with one attached hydrogen (secondary N) is 1. The molecular formula is C19H25BrClNO2. The Kier molecular flexibility index (Phi) is 8.07. The van der Waals surface area contributed by atoms with Gasteiger partial charge in [0.25, 0.3) is 0 Å². The molecule has 0 unspecified atom stereocenters. The molecule has 0 aliphatic carbocycles. The molecule has 0 aliphatic heterocycles. The predicted octanol–water partition coefficient (Wildman–Crippen LogP) is 5.35. The number of halogens is 2. The minimum Gasteiger partial charge on any atom is -0.493 e. The zero-order valence-electron chi connectivity index (χ0n) is 14.6. The average Bonchev–Trinajstić information content (AvgIpc) is 2.51. The van der Waals surface area contributed by atoms with Gasteiger partial charge in [-0.15, -0.1) is 12.4 Å². The van der Waals surface area contributed by atoms with Gasteiger partial charge in [0.1, 0.15) is 6.61 Å². The van der Waals surface area contributed by atoms with Crippen molar-refractivity contribution in [2.75, 3.05) is 7.11 Å². The Morgan fingerprint density at radius 2 is 1.75 bits per heavy atom. The third-order valence-corrected chi connectivity index (χ3v) is 3.81. The van der Waals surface area contributed by atoms with E-state index in [0.29, 0.717) is 13.2 Å². The van der Waals surface area contributed by atoms with Crippen molar-refractivity contribution >= 4 is 28.3 Å². The van der Waals surface area contributed by atoms with Crippen molar-refractivity contribution < 1.29 is 9.47 Å². The molecule has 2 aromatic rings. The van der Waals surface area contributed by atoms with E-state index in [1.54, 1.807) is 7.11 Å². The van der Waals surface area contributed by atoms with Crippen LogP contribution in [0.2, 0.25) is 0 Å². The van der Waals surface area contributed by atoms with Gasteiger partial charge in [-0.2, -0.15) is 0 Å². The highest BCUT2D eigenvalue weighted by Crippen LogP contribution is 2.35. The lowest BCUT2D eigenvalue weighted by molar-refractivity contribution is 0.279. The topological polar surface area (TPSA) is 30.5 Å². The van der Waals surface area contributed by atoms with Gasteiger partial charge in [0.05, 0.1) is 7.11 Å². The third-order valence-electron chi connectivity index (χ3n) is 3.35. The second-order valence-corrected chi connectivity index (χ2v) is 7.39. The second kappa shape index (κ2) is 9.30. The van der Waals surface area contributed by atoms with E-state index in [4.69, 9.17) is 9.47 Å². The second-order valence-electron chi connectivity index (χ2n) is 6.47. The van der Waals surface area contributed by atoms with Crippen LogP contribution in [0.1, 0.15) is 31.9 Å². The lowest BCUT2D eigenvalue weighted by atomic mass is 10.1. The summed E-state index contributed by atoms with van der Waals surface area (Å²) in [5.41, 5.74) is 2.24. The highest BCUT2D eigenvalue weighted by molar-refractivity contribution is 9.10. The van der Waals surface area contributed by atoms with Gasteiger partial charge in [-0.3, -0.25) is 0 Å². The number of rotatable bonds is 6. The molecule has 0 amide bonds. The SMILES string of the molecule is COc1cc(Br)cc(CNC(C)(C)C)c1OCc1ccccc1.Cl. The van der Waals surface area contributed by atoms with Gasteiger partial charge in [-0.25, -0.2) is 0 Å². The first-order valence-corrected chi connectivity index (χ1v) is 8.46. The van der Waals surface area contributed by atoms with E-state index in [1.807, 2.05) is 24.3 Å². The van der Waals surface area contributed by atoms with Gasteiger partial charge < -0.3 is 14.8 Å². The molecule has 0 fully saturated rings. The molecule has 0 bridgehead atoms. The lowest BCUT2D eigenvalue weighted by Crippen LogP contribution is -2.35. The van der Waals surface area contributed by atoms with Gasteiger partial charge in [0.2, 0.25) is 0 Å². The van der Waals surface area contributed by atoms with Crippen molar-refractivity contribution in [2.24, 2.45) is 0 Å². The molecule has 2 aromatic carbocycles. The van der Waals surface area contributed by atoms with Crippen molar-refractivity contribution in [2.45, 2.75) is 39.5 Å². The van der Waals surface area contributed by atoms with Crippen molar-refractivity contribution in [3.8, 4) is 11.5 Å². The smallest absolute Gasteiger partial charge is 0.166 e. The maximum atomic E-state index is 6.08. The van der Waals surface area contributed by atoms with Gasteiger partial charge >= 0.3 is 0 Å². The highest BCUT2D eigenvalue weighted by Gasteiger charge is 2.16. The van der Waals surface area contributed by atoms with Crippen LogP contribution >= 0.6 is 28.3 Å². The van der Waals surface area contributed by atoms with Crippen LogP contribution in [0.15, 0.2) is 46.9 Å². The molecule has 2 rings (SSSR count). The summed E-state index contributed by atoms with van der Waals surface area (Å²) in [6.45, 7) is 7.66. The molecule has 0 aliphatic rings. The summed E-state index contributed by atoms with van der Waals surface area (Å²) in [5, 5.41) is 3.50. The average molecular weight is 415 g/mol. The number of benzene rings is 2. The Bertz CT molecular complexity index is 642. The van der Waals surface area contributed by atoms with E-state index in [0.717, 1.165) is 27.1 Å². The van der Waals surface area contributed by atoms with Crippen molar-refractivity contribution in [1.82, 2.24) is 5.32 Å². The Hall–Kier alpha value is -1.23. The third kappa shape index (κ3) is 6.34. The number of ether oxygens (including phenoxy) is 2. The van der Waals surface area contributed by atoms with Crippen LogP contribution in [0.25, 0.3) is 0 Å². The molecule has 0 heterocycles. The number of methoxy groups -OCH3 is 1. The first kappa shape index (κ1) is 20.8. The summed E-state index contributed by atoms with van der Waals surface area (Å²) in [6.07, 6.45) is 0. The van der Waals surface area contributed by atoms with Crippen LogP contribution in [0, 0.1) is 0 Å². The van der Waals surface area contributed by atoms with E-state index in [-0.39, 0.29) is 17.9 Å². The number of hydrogen-bond donors (Lipinski definition) is 1. The molecule has 1 N–H and O–H groups in total. The molecule has 0 atom stereocenters. The van der Waals surface area contributed by atoms with E-state index in [9.17, 15) is 0 Å². The summed E-state index contributed by atoms with van der Waals surface area (Å²) >= 11 is 3.54.